The number of fused-ring (bicyclic) bond motifs is 1. The van der Waals surface area contributed by atoms with Crippen LogP contribution in [0, 0.1) is 28.6 Å². The molecule has 4 fully saturated rings. The molecule has 1 aliphatic heterocycles. The minimum atomic E-state index is -0.241. The first-order chi connectivity index (χ1) is 15.1. The van der Waals surface area contributed by atoms with Crippen LogP contribution in [0.3, 0.4) is 0 Å². The van der Waals surface area contributed by atoms with Crippen molar-refractivity contribution in [2.24, 2.45) is 28.6 Å². The quantitative estimate of drug-likeness (QED) is 0.509. The molecule has 0 aromatic rings. The third-order valence-corrected chi connectivity index (χ3v) is 10.2. The fraction of sp³-hybridized carbons (Fsp3) is 0.889. The number of likely N-dealkylation sites (N-methyl/N-ethyl adjacent to an activating group) is 1. The molecule has 4 aliphatic rings. The van der Waals surface area contributed by atoms with E-state index in [4.69, 9.17) is 4.74 Å². The number of nitrogens with zero attached hydrogens (tertiary/aromatic N) is 2. The largest absolute Gasteiger partial charge is 0.463 e. The van der Waals surface area contributed by atoms with E-state index in [9.17, 15) is 9.90 Å². The SMILES string of the molecule is C=C1CCC2C(O)C(C3(C)CCC(OC(C)=O)CC3CCN3CCN(C)CC3)CCC12C. The summed E-state index contributed by atoms with van der Waals surface area (Å²) in [5, 5.41) is 11.7. The predicted octanol–water partition coefficient (Wildman–Crippen LogP) is 4.11. The van der Waals surface area contributed by atoms with Crippen molar-refractivity contribution in [3.05, 3.63) is 12.2 Å². The Bertz CT molecular complexity index is 703. The van der Waals surface area contributed by atoms with Crippen molar-refractivity contribution in [2.45, 2.75) is 84.3 Å². The van der Waals surface area contributed by atoms with Crippen molar-refractivity contribution in [1.29, 1.82) is 0 Å². The number of aliphatic hydroxyl groups excluding tert-OH is 1. The zero-order chi connectivity index (χ0) is 23.1. The number of hydrogen-bond acceptors (Lipinski definition) is 5. The Hall–Kier alpha value is -0.910. The van der Waals surface area contributed by atoms with Gasteiger partial charge in [0.05, 0.1) is 6.10 Å². The van der Waals surface area contributed by atoms with Gasteiger partial charge in [-0.3, -0.25) is 4.79 Å². The van der Waals surface area contributed by atoms with E-state index >= 15 is 0 Å². The van der Waals surface area contributed by atoms with Gasteiger partial charge in [-0.05, 0) is 93.5 Å². The average molecular weight is 447 g/mol. The molecule has 0 aromatic heterocycles. The van der Waals surface area contributed by atoms with Crippen molar-refractivity contribution >= 4 is 5.97 Å². The van der Waals surface area contributed by atoms with Crippen LogP contribution in [0.4, 0.5) is 0 Å². The first-order valence-electron chi connectivity index (χ1n) is 13.1. The van der Waals surface area contributed by atoms with E-state index in [1.165, 1.54) is 12.5 Å². The van der Waals surface area contributed by atoms with Gasteiger partial charge >= 0.3 is 5.97 Å². The average Bonchev–Trinajstić information content (AvgIpc) is 3.05. The maximum Gasteiger partial charge on any atom is 0.302 e. The van der Waals surface area contributed by atoms with E-state index in [2.05, 4.69) is 37.3 Å². The summed E-state index contributed by atoms with van der Waals surface area (Å²) in [7, 11) is 2.20. The molecular formula is C27H46N2O3. The molecule has 0 radical (unpaired) electrons. The van der Waals surface area contributed by atoms with Crippen LogP contribution in [0.5, 0.6) is 0 Å². The lowest BCUT2D eigenvalue weighted by atomic mass is 9.51. The molecule has 0 aromatic carbocycles. The Labute approximate surface area is 195 Å². The zero-order valence-electron chi connectivity index (χ0n) is 20.9. The number of allylic oxidation sites excluding steroid dienone is 1. The number of rotatable bonds is 5. The van der Waals surface area contributed by atoms with E-state index in [1.54, 1.807) is 0 Å². The van der Waals surface area contributed by atoms with Crippen LogP contribution < -0.4 is 0 Å². The van der Waals surface area contributed by atoms with Crippen LogP contribution in [0.15, 0.2) is 12.2 Å². The standard InChI is InChI=1S/C27H46N2O3/c1-19-6-7-23-25(31)24(9-12-26(19,23)3)27(4)11-8-22(32-20(2)30)18-21(27)10-13-29-16-14-28(5)15-17-29/h21-25,31H,1,6-18H2,2-5H3. The summed E-state index contributed by atoms with van der Waals surface area (Å²) in [5.74, 6) is 1.01. The molecular weight excluding hydrogens is 400 g/mol. The summed E-state index contributed by atoms with van der Waals surface area (Å²) in [6.07, 6.45) is 8.26. The fourth-order valence-electron chi connectivity index (χ4n) is 7.80. The topological polar surface area (TPSA) is 53.0 Å². The minimum Gasteiger partial charge on any atom is -0.463 e. The summed E-state index contributed by atoms with van der Waals surface area (Å²) in [6, 6.07) is 0. The smallest absolute Gasteiger partial charge is 0.302 e. The monoisotopic (exact) mass is 446 g/mol. The van der Waals surface area contributed by atoms with E-state index < -0.39 is 0 Å². The van der Waals surface area contributed by atoms with Crippen LogP contribution >= 0.6 is 0 Å². The second-order valence-electron chi connectivity index (χ2n) is 11.9. The Morgan fingerprint density at radius 3 is 2.53 bits per heavy atom. The second-order valence-corrected chi connectivity index (χ2v) is 11.9. The van der Waals surface area contributed by atoms with Gasteiger partial charge in [0, 0.05) is 33.1 Å². The first-order valence-corrected chi connectivity index (χ1v) is 13.1. The number of ether oxygens (including phenoxy) is 1. The highest BCUT2D eigenvalue weighted by Crippen LogP contribution is 2.61. The van der Waals surface area contributed by atoms with Gasteiger partial charge in [-0.25, -0.2) is 0 Å². The minimum absolute atomic E-state index is 0.0373. The van der Waals surface area contributed by atoms with Gasteiger partial charge in [0.1, 0.15) is 6.10 Å². The Balaban J connectivity index is 1.49. The Kier molecular flexibility index (Phi) is 7.10. The fourth-order valence-corrected chi connectivity index (χ4v) is 7.80. The van der Waals surface area contributed by atoms with Crippen molar-refractivity contribution in [3.8, 4) is 0 Å². The highest BCUT2D eigenvalue weighted by Gasteiger charge is 2.56. The molecule has 3 aliphatic carbocycles. The van der Waals surface area contributed by atoms with Crippen LogP contribution in [-0.2, 0) is 9.53 Å². The van der Waals surface area contributed by atoms with E-state index in [0.29, 0.717) is 17.8 Å². The number of piperazine rings is 1. The lowest BCUT2D eigenvalue weighted by Crippen LogP contribution is -2.53. The van der Waals surface area contributed by atoms with Crippen LogP contribution in [0.25, 0.3) is 0 Å². The molecule has 1 saturated heterocycles. The number of carbonyl (C=O) groups is 1. The molecule has 5 heteroatoms. The molecule has 4 rings (SSSR count). The van der Waals surface area contributed by atoms with Crippen LogP contribution in [-0.4, -0.2) is 72.9 Å². The second kappa shape index (κ2) is 9.38. The Morgan fingerprint density at radius 2 is 1.84 bits per heavy atom. The van der Waals surface area contributed by atoms with Crippen LogP contribution in [0.1, 0.15) is 72.1 Å². The summed E-state index contributed by atoms with van der Waals surface area (Å²) >= 11 is 0. The highest BCUT2D eigenvalue weighted by molar-refractivity contribution is 5.66. The van der Waals surface area contributed by atoms with Crippen molar-refractivity contribution in [2.75, 3.05) is 39.8 Å². The molecule has 7 unspecified atom stereocenters. The molecule has 0 bridgehead atoms. The normalized spacial score (nSPS) is 43.8. The van der Waals surface area contributed by atoms with Crippen LogP contribution in [0.2, 0.25) is 0 Å². The highest BCUT2D eigenvalue weighted by atomic mass is 16.5. The number of aliphatic hydroxyl groups is 1. The summed E-state index contributed by atoms with van der Waals surface area (Å²) in [5.41, 5.74) is 1.58. The molecule has 32 heavy (non-hydrogen) atoms. The molecule has 3 saturated carbocycles. The van der Waals surface area contributed by atoms with Gasteiger partial charge in [-0.2, -0.15) is 0 Å². The van der Waals surface area contributed by atoms with Gasteiger partial charge < -0.3 is 19.6 Å². The number of esters is 1. The van der Waals surface area contributed by atoms with Gasteiger partial charge in [0.25, 0.3) is 0 Å². The van der Waals surface area contributed by atoms with Crippen molar-refractivity contribution in [3.63, 3.8) is 0 Å². The molecule has 5 nitrogen and oxygen atoms in total. The molecule has 7 atom stereocenters. The maximum atomic E-state index is 11.7. The zero-order valence-corrected chi connectivity index (χ0v) is 20.9. The van der Waals surface area contributed by atoms with Gasteiger partial charge in [0.15, 0.2) is 0 Å². The van der Waals surface area contributed by atoms with E-state index in [0.717, 1.165) is 84.1 Å². The predicted molar refractivity (Wildman–Crippen MR) is 128 cm³/mol. The third-order valence-electron chi connectivity index (χ3n) is 10.2. The van der Waals surface area contributed by atoms with Crippen molar-refractivity contribution in [1.82, 2.24) is 9.80 Å². The summed E-state index contributed by atoms with van der Waals surface area (Å²) in [4.78, 5) is 16.7. The summed E-state index contributed by atoms with van der Waals surface area (Å²) in [6.45, 7) is 16.4. The molecule has 182 valence electrons. The number of hydrogen-bond donors (Lipinski definition) is 1. The van der Waals surface area contributed by atoms with Gasteiger partial charge in [-0.15, -0.1) is 0 Å². The lowest BCUT2D eigenvalue weighted by molar-refractivity contribution is -0.157. The molecule has 0 spiro atoms. The summed E-state index contributed by atoms with van der Waals surface area (Å²) < 4.78 is 5.70. The van der Waals surface area contributed by atoms with Gasteiger partial charge in [-0.1, -0.05) is 26.0 Å². The molecule has 1 heterocycles. The molecule has 0 amide bonds. The van der Waals surface area contributed by atoms with Gasteiger partial charge in [0.2, 0.25) is 0 Å². The third kappa shape index (κ3) is 4.54. The molecule has 1 N–H and O–H groups in total. The first kappa shape index (κ1) is 24.2. The van der Waals surface area contributed by atoms with E-state index in [1.807, 2.05) is 0 Å². The maximum absolute atomic E-state index is 11.7. The lowest BCUT2D eigenvalue weighted by Gasteiger charge is -2.55. The number of carbonyl (C=O) groups excluding carboxylic acids is 1. The Morgan fingerprint density at radius 1 is 1.12 bits per heavy atom. The van der Waals surface area contributed by atoms with E-state index in [-0.39, 0.29) is 29.0 Å². The van der Waals surface area contributed by atoms with Crippen molar-refractivity contribution < 1.29 is 14.6 Å².